The molecule has 0 saturated heterocycles. The van der Waals surface area contributed by atoms with E-state index in [4.69, 9.17) is 9.84 Å². The van der Waals surface area contributed by atoms with Gasteiger partial charge in [0.05, 0.1) is 6.10 Å². The Balaban J connectivity index is 3.54. The van der Waals surface area contributed by atoms with Gasteiger partial charge >= 0.3 is 0 Å². The van der Waals surface area contributed by atoms with Crippen molar-refractivity contribution in [1.82, 2.24) is 0 Å². The van der Waals surface area contributed by atoms with Gasteiger partial charge in [0, 0.05) is 13.2 Å². The summed E-state index contributed by atoms with van der Waals surface area (Å²) >= 11 is 0. The van der Waals surface area contributed by atoms with Crippen LogP contribution in [0.3, 0.4) is 0 Å². The highest BCUT2D eigenvalue weighted by Gasteiger charge is 2.08. The van der Waals surface area contributed by atoms with Crippen LogP contribution in [0, 0.1) is 0 Å². The second-order valence-electron chi connectivity index (χ2n) is 7.04. The predicted molar refractivity (Wildman–Crippen MR) is 102 cm³/mol. The molecule has 0 aliphatic carbocycles. The van der Waals surface area contributed by atoms with E-state index >= 15 is 0 Å². The van der Waals surface area contributed by atoms with Crippen LogP contribution in [0.2, 0.25) is 0 Å². The molecule has 0 aromatic heterocycles. The average molecular weight is 329 g/mol. The molecule has 0 radical (unpaired) electrons. The van der Waals surface area contributed by atoms with E-state index < -0.39 is 0 Å². The standard InChI is InChI=1S/C21H44O2/c1-3-5-6-7-11-14-17-21(23-20-4-2)18-15-12-9-8-10-13-16-19-22/h21-22H,3-20H2,1-2H3. The second-order valence-corrected chi connectivity index (χ2v) is 7.04. The Morgan fingerprint density at radius 2 is 1.09 bits per heavy atom. The number of hydrogen-bond acceptors (Lipinski definition) is 2. The lowest BCUT2D eigenvalue weighted by Gasteiger charge is -2.17. The van der Waals surface area contributed by atoms with Crippen LogP contribution in [-0.2, 0) is 4.74 Å². The monoisotopic (exact) mass is 328 g/mol. The molecule has 0 heterocycles. The molecule has 1 atom stereocenters. The molecule has 0 saturated carbocycles. The topological polar surface area (TPSA) is 29.5 Å². The van der Waals surface area contributed by atoms with E-state index in [1.165, 1.54) is 89.9 Å². The average Bonchev–Trinajstić information content (AvgIpc) is 2.57. The number of aliphatic hydroxyl groups is 1. The first-order chi connectivity index (χ1) is 11.3. The fraction of sp³-hybridized carbons (Fsp3) is 1.00. The summed E-state index contributed by atoms with van der Waals surface area (Å²) in [6.45, 7) is 5.77. The highest BCUT2D eigenvalue weighted by Crippen LogP contribution is 2.17. The van der Waals surface area contributed by atoms with Crippen molar-refractivity contribution in [3.05, 3.63) is 0 Å². The lowest BCUT2D eigenvalue weighted by molar-refractivity contribution is 0.0385. The number of rotatable bonds is 19. The normalized spacial score (nSPS) is 12.7. The van der Waals surface area contributed by atoms with Gasteiger partial charge in [-0.3, -0.25) is 0 Å². The van der Waals surface area contributed by atoms with Crippen molar-refractivity contribution in [3.63, 3.8) is 0 Å². The van der Waals surface area contributed by atoms with E-state index in [-0.39, 0.29) is 0 Å². The van der Waals surface area contributed by atoms with E-state index in [1.54, 1.807) is 0 Å². The van der Waals surface area contributed by atoms with Crippen molar-refractivity contribution in [1.29, 1.82) is 0 Å². The van der Waals surface area contributed by atoms with Crippen LogP contribution in [0.1, 0.15) is 117 Å². The van der Waals surface area contributed by atoms with Crippen LogP contribution in [0.5, 0.6) is 0 Å². The minimum atomic E-state index is 0.356. The van der Waals surface area contributed by atoms with Crippen molar-refractivity contribution in [2.75, 3.05) is 13.2 Å². The summed E-state index contributed by atoms with van der Waals surface area (Å²) in [6.07, 6.45) is 21.3. The van der Waals surface area contributed by atoms with Crippen LogP contribution in [0.25, 0.3) is 0 Å². The van der Waals surface area contributed by atoms with Crippen molar-refractivity contribution in [2.45, 2.75) is 123 Å². The molecule has 0 aliphatic rings. The molecular weight excluding hydrogens is 284 g/mol. The lowest BCUT2D eigenvalue weighted by atomic mass is 10.0. The van der Waals surface area contributed by atoms with Crippen molar-refractivity contribution in [2.24, 2.45) is 0 Å². The molecule has 0 rings (SSSR count). The Morgan fingerprint density at radius 1 is 0.609 bits per heavy atom. The molecule has 1 unspecified atom stereocenters. The molecule has 0 aromatic carbocycles. The van der Waals surface area contributed by atoms with Gasteiger partial charge in [-0.1, -0.05) is 90.9 Å². The van der Waals surface area contributed by atoms with Gasteiger partial charge in [0.2, 0.25) is 0 Å². The number of ether oxygens (including phenoxy) is 1. The third kappa shape index (κ3) is 18.1. The lowest BCUT2D eigenvalue weighted by Crippen LogP contribution is -2.13. The summed E-state index contributed by atoms with van der Waals surface area (Å²) in [4.78, 5) is 0. The Kier molecular flexibility index (Phi) is 19.9. The van der Waals surface area contributed by atoms with E-state index in [9.17, 15) is 0 Å². The summed E-state index contributed by atoms with van der Waals surface area (Å²) < 4.78 is 6.05. The van der Waals surface area contributed by atoms with Gasteiger partial charge < -0.3 is 9.84 Å². The Hall–Kier alpha value is -0.0800. The van der Waals surface area contributed by atoms with Gasteiger partial charge in [0.1, 0.15) is 0 Å². The van der Waals surface area contributed by atoms with E-state index in [0.29, 0.717) is 12.7 Å². The second kappa shape index (κ2) is 20.0. The summed E-state index contributed by atoms with van der Waals surface area (Å²) in [5.74, 6) is 0. The van der Waals surface area contributed by atoms with Gasteiger partial charge in [-0.2, -0.15) is 0 Å². The van der Waals surface area contributed by atoms with Crippen molar-refractivity contribution < 1.29 is 9.84 Å². The summed E-state index contributed by atoms with van der Waals surface area (Å²) in [6, 6.07) is 0. The largest absolute Gasteiger partial charge is 0.396 e. The van der Waals surface area contributed by atoms with E-state index in [0.717, 1.165) is 19.4 Å². The molecule has 23 heavy (non-hydrogen) atoms. The molecule has 1 N–H and O–H groups in total. The van der Waals surface area contributed by atoms with Crippen LogP contribution < -0.4 is 0 Å². The fourth-order valence-corrected chi connectivity index (χ4v) is 3.12. The molecule has 2 heteroatoms. The molecule has 0 spiro atoms. The van der Waals surface area contributed by atoms with Gasteiger partial charge in [-0.15, -0.1) is 0 Å². The number of unbranched alkanes of at least 4 members (excludes halogenated alkanes) is 11. The van der Waals surface area contributed by atoms with Crippen LogP contribution in [0.4, 0.5) is 0 Å². The SMILES string of the molecule is CCCCCCCCC(CCCCCCCCCO)OCCC. The van der Waals surface area contributed by atoms with Crippen LogP contribution >= 0.6 is 0 Å². The Morgan fingerprint density at radius 3 is 1.57 bits per heavy atom. The zero-order valence-corrected chi connectivity index (χ0v) is 16.2. The minimum absolute atomic E-state index is 0.356. The summed E-state index contributed by atoms with van der Waals surface area (Å²) in [7, 11) is 0. The zero-order valence-electron chi connectivity index (χ0n) is 16.2. The van der Waals surface area contributed by atoms with Gasteiger partial charge in [-0.05, 0) is 25.7 Å². The van der Waals surface area contributed by atoms with E-state index in [1.807, 2.05) is 0 Å². The smallest absolute Gasteiger partial charge is 0.0575 e. The highest BCUT2D eigenvalue weighted by atomic mass is 16.5. The molecular formula is C21H44O2. The first kappa shape index (κ1) is 22.9. The van der Waals surface area contributed by atoms with Gasteiger partial charge in [-0.25, -0.2) is 0 Å². The quantitative estimate of drug-likeness (QED) is 0.269. The van der Waals surface area contributed by atoms with Gasteiger partial charge in [0.15, 0.2) is 0 Å². The zero-order chi connectivity index (χ0) is 17.0. The van der Waals surface area contributed by atoms with Crippen LogP contribution in [-0.4, -0.2) is 24.4 Å². The maximum atomic E-state index is 8.76. The van der Waals surface area contributed by atoms with Crippen molar-refractivity contribution in [3.8, 4) is 0 Å². The molecule has 2 nitrogen and oxygen atoms in total. The third-order valence-corrected chi connectivity index (χ3v) is 4.62. The maximum Gasteiger partial charge on any atom is 0.0575 e. The first-order valence-electron chi connectivity index (χ1n) is 10.6. The molecule has 140 valence electrons. The first-order valence-corrected chi connectivity index (χ1v) is 10.6. The molecule has 0 aliphatic heterocycles. The summed E-state index contributed by atoms with van der Waals surface area (Å²) in [5, 5.41) is 8.76. The number of hydrogen-bond donors (Lipinski definition) is 1. The maximum absolute atomic E-state index is 8.76. The third-order valence-electron chi connectivity index (χ3n) is 4.62. The van der Waals surface area contributed by atoms with Crippen molar-refractivity contribution >= 4 is 0 Å². The predicted octanol–water partition coefficient (Wildman–Crippen LogP) is 6.65. The highest BCUT2D eigenvalue weighted by molar-refractivity contribution is 4.60. The molecule has 0 fully saturated rings. The summed E-state index contributed by atoms with van der Waals surface area (Å²) in [5.41, 5.74) is 0. The molecule has 0 bridgehead atoms. The fourth-order valence-electron chi connectivity index (χ4n) is 3.12. The van der Waals surface area contributed by atoms with E-state index in [2.05, 4.69) is 13.8 Å². The van der Waals surface area contributed by atoms with Crippen LogP contribution in [0.15, 0.2) is 0 Å². The Bertz CT molecular complexity index is 206. The minimum Gasteiger partial charge on any atom is -0.396 e. The van der Waals surface area contributed by atoms with Gasteiger partial charge in [0.25, 0.3) is 0 Å². The Labute approximate surface area is 146 Å². The number of aliphatic hydroxyl groups excluding tert-OH is 1. The molecule has 0 aromatic rings. The molecule has 0 amide bonds.